The Balaban J connectivity index is 3.16. The van der Waals surface area contributed by atoms with E-state index in [2.05, 4.69) is 26.1 Å². The maximum absolute atomic E-state index is 12.6. The number of nitrogens with one attached hydrogen (secondary N) is 1. The molecule has 0 saturated carbocycles. The van der Waals surface area contributed by atoms with Crippen LogP contribution in [0.1, 0.15) is 32.4 Å². The SMILES string of the molecule is CCC(CC)N(CCBr)S(=O)(=O)c1cn[nH]c1C. The largest absolute Gasteiger partial charge is 0.281 e. The normalized spacial score (nSPS) is 12.6. The van der Waals surface area contributed by atoms with Crippen LogP contribution in [0.2, 0.25) is 0 Å². The molecule has 1 rings (SSSR count). The van der Waals surface area contributed by atoms with Gasteiger partial charge in [0.2, 0.25) is 10.0 Å². The van der Waals surface area contributed by atoms with Crippen molar-refractivity contribution in [3.8, 4) is 0 Å². The van der Waals surface area contributed by atoms with Crippen molar-refractivity contribution in [2.24, 2.45) is 0 Å². The Labute approximate surface area is 117 Å². The molecule has 1 N–H and O–H groups in total. The molecular formula is C11H20BrN3O2S. The summed E-state index contributed by atoms with van der Waals surface area (Å²) in [4.78, 5) is 0.273. The maximum atomic E-state index is 12.6. The zero-order chi connectivity index (χ0) is 13.8. The summed E-state index contributed by atoms with van der Waals surface area (Å²) in [6, 6.07) is 0.0295. The topological polar surface area (TPSA) is 66.1 Å². The zero-order valence-corrected chi connectivity index (χ0v) is 13.4. The van der Waals surface area contributed by atoms with Gasteiger partial charge in [-0.2, -0.15) is 9.40 Å². The first-order valence-electron chi connectivity index (χ1n) is 6.06. The first kappa shape index (κ1) is 15.7. The van der Waals surface area contributed by atoms with Gasteiger partial charge in [-0.15, -0.1) is 0 Å². The van der Waals surface area contributed by atoms with Crippen LogP contribution in [-0.4, -0.2) is 40.8 Å². The number of aromatic nitrogens is 2. The Kier molecular flexibility index (Phi) is 5.81. The van der Waals surface area contributed by atoms with E-state index in [1.807, 2.05) is 13.8 Å². The van der Waals surface area contributed by atoms with Crippen molar-refractivity contribution in [1.29, 1.82) is 0 Å². The smallest absolute Gasteiger partial charge is 0.246 e. The fourth-order valence-corrected chi connectivity index (χ4v) is 4.51. The highest BCUT2D eigenvalue weighted by Crippen LogP contribution is 2.22. The molecule has 5 nitrogen and oxygen atoms in total. The third kappa shape index (κ3) is 3.13. The lowest BCUT2D eigenvalue weighted by Gasteiger charge is -2.28. The molecule has 7 heteroatoms. The van der Waals surface area contributed by atoms with Crippen LogP contribution >= 0.6 is 15.9 Å². The number of hydrogen-bond acceptors (Lipinski definition) is 3. The van der Waals surface area contributed by atoms with Crippen molar-refractivity contribution in [1.82, 2.24) is 14.5 Å². The monoisotopic (exact) mass is 337 g/mol. The standard InChI is InChI=1S/C11H20BrN3O2S/c1-4-10(5-2)15(7-6-12)18(16,17)11-8-13-14-9(11)3/h8,10H,4-7H2,1-3H3,(H,13,14). The van der Waals surface area contributed by atoms with Gasteiger partial charge in [0.05, 0.1) is 11.9 Å². The minimum atomic E-state index is -3.46. The molecule has 0 unspecified atom stereocenters. The van der Waals surface area contributed by atoms with Crippen LogP contribution in [0.3, 0.4) is 0 Å². The minimum Gasteiger partial charge on any atom is -0.281 e. The maximum Gasteiger partial charge on any atom is 0.246 e. The summed E-state index contributed by atoms with van der Waals surface area (Å²) in [5.74, 6) is 0. The van der Waals surface area contributed by atoms with Crippen LogP contribution in [-0.2, 0) is 10.0 Å². The first-order valence-corrected chi connectivity index (χ1v) is 8.62. The lowest BCUT2D eigenvalue weighted by Crippen LogP contribution is -2.41. The van der Waals surface area contributed by atoms with Crippen LogP contribution < -0.4 is 0 Å². The second-order valence-corrected chi connectivity index (χ2v) is 6.79. The number of rotatable bonds is 7. The van der Waals surface area contributed by atoms with Crippen molar-refractivity contribution >= 4 is 26.0 Å². The van der Waals surface area contributed by atoms with Gasteiger partial charge >= 0.3 is 0 Å². The Bertz CT molecular complexity index is 468. The van der Waals surface area contributed by atoms with Crippen molar-refractivity contribution < 1.29 is 8.42 Å². The molecule has 0 bridgehead atoms. The molecule has 0 spiro atoms. The molecule has 1 aromatic heterocycles. The van der Waals surface area contributed by atoms with E-state index in [4.69, 9.17) is 0 Å². The van der Waals surface area contributed by atoms with Gasteiger partial charge in [-0.05, 0) is 19.8 Å². The fourth-order valence-electron chi connectivity index (χ4n) is 2.00. The Morgan fingerprint density at radius 1 is 1.44 bits per heavy atom. The molecule has 0 aromatic carbocycles. The summed E-state index contributed by atoms with van der Waals surface area (Å²) >= 11 is 3.32. The molecule has 0 aliphatic carbocycles. The summed E-state index contributed by atoms with van der Waals surface area (Å²) in [7, 11) is -3.46. The number of alkyl halides is 1. The Morgan fingerprint density at radius 2 is 2.06 bits per heavy atom. The quantitative estimate of drug-likeness (QED) is 0.776. The third-order valence-electron chi connectivity index (χ3n) is 3.02. The van der Waals surface area contributed by atoms with Gasteiger partial charge < -0.3 is 0 Å². The van der Waals surface area contributed by atoms with Crippen LogP contribution in [0.15, 0.2) is 11.1 Å². The highest BCUT2D eigenvalue weighted by Gasteiger charge is 2.31. The zero-order valence-electron chi connectivity index (χ0n) is 11.0. The third-order valence-corrected chi connectivity index (χ3v) is 5.45. The predicted molar refractivity (Wildman–Crippen MR) is 75.4 cm³/mol. The number of nitrogens with zero attached hydrogens (tertiary/aromatic N) is 2. The molecule has 0 atom stereocenters. The van der Waals surface area contributed by atoms with E-state index in [0.717, 1.165) is 12.8 Å². The van der Waals surface area contributed by atoms with E-state index in [1.165, 1.54) is 6.20 Å². The predicted octanol–water partition coefficient (Wildman–Crippen LogP) is 2.29. The van der Waals surface area contributed by atoms with E-state index in [1.54, 1.807) is 11.2 Å². The summed E-state index contributed by atoms with van der Waals surface area (Å²) < 4.78 is 26.8. The number of aryl methyl sites for hydroxylation is 1. The average Bonchev–Trinajstić information content (AvgIpc) is 2.76. The average molecular weight is 338 g/mol. The fraction of sp³-hybridized carbons (Fsp3) is 0.727. The molecule has 104 valence electrons. The molecule has 1 aromatic rings. The highest BCUT2D eigenvalue weighted by atomic mass is 79.9. The van der Waals surface area contributed by atoms with Gasteiger partial charge in [0.15, 0.2) is 0 Å². The molecule has 0 radical (unpaired) electrons. The number of halogens is 1. The number of sulfonamides is 1. The number of aromatic amines is 1. The van der Waals surface area contributed by atoms with E-state index < -0.39 is 10.0 Å². The molecular weight excluding hydrogens is 318 g/mol. The summed E-state index contributed by atoms with van der Waals surface area (Å²) in [5, 5.41) is 7.10. The van der Waals surface area contributed by atoms with Crippen molar-refractivity contribution in [2.45, 2.75) is 44.6 Å². The summed E-state index contributed by atoms with van der Waals surface area (Å²) in [5.41, 5.74) is 0.584. The van der Waals surface area contributed by atoms with Gasteiger partial charge in [0, 0.05) is 17.9 Å². The number of hydrogen-bond donors (Lipinski definition) is 1. The molecule has 1 heterocycles. The van der Waals surface area contributed by atoms with Crippen LogP contribution in [0.25, 0.3) is 0 Å². The van der Waals surface area contributed by atoms with Gasteiger partial charge in [0.1, 0.15) is 4.90 Å². The van der Waals surface area contributed by atoms with E-state index >= 15 is 0 Å². The summed E-state index contributed by atoms with van der Waals surface area (Å²) in [6.07, 6.45) is 2.99. The van der Waals surface area contributed by atoms with Crippen LogP contribution in [0, 0.1) is 6.92 Å². The summed E-state index contributed by atoms with van der Waals surface area (Å²) in [6.45, 7) is 6.21. The molecule has 0 amide bonds. The molecule has 0 aliphatic heterocycles. The highest BCUT2D eigenvalue weighted by molar-refractivity contribution is 9.09. The van der Waals surface area contributed by atoms with E-state index in [-0.39, 0.29) is 10.9 Å². The van der Waals surface area contributed by atoms with Crippen molar-refractivity contribution in [2.75, 3.05) is 11.9 Å². The van der Waals surface area contributed by atoms with Gasteiger partial charge in [0.25, 0.3) is 0 Å². The molecule has 0 saturated heterocycles. The molecule has 0 fully saturated rings. The number of H-pyrrole nitrogens is 1. The second kappa shape index (κ2) is 6.68. The second-order valence-electron chi connectivity index (χ2n) is 4.13. The molecule has 0 aliphatic rings. The lowest BCUT2D eigenvalue weighted by atomic mass is 10.2. The van der Waals surface area contributed by atoms with Crippen molar-refractivity contribution in [3.05, 3.63) is 11.9 Å². The first-order chi connectivity index (χ1) is 8.48. The Morgan fingerprint density at radius 3 is 2.44 bits per heavy atom. The van der Waals surface area contributed by atoms with Crippen molar-refractivity contribution in [3.63, 3.8) is 0 Å². The van der Waals surface area contributed by atoms with Gasteiger partial charge in [-0.25, -0.2) is 8.42 Å². The van der Waals surface area contributed by atoms with Gasteiger partial charge in [-0.3, -0.25) is 5.10 Å². The van der Waals surface area contributed by atoms with E-state index in [0.29, 0.717) is 17.6 Å². The van der Waals surface area contributed by atoms with E-state index in [9.17, 15) is 8.42 Å². The van der Waals surface area contributed by atoms with Gasteiger partial charge in [-0.1, -0.05) is 29.8 Å². The van der Waals surface area contributed by atoms with Crippen LogP contribution in [0.4, 0.5) is 0 Å². The Hall–Kier alpha value is -0.400. The lowest BCUT2D eigenvalue weighted by molar-refractivity contribution is 0.317. The minimum absolute atomic E-state index is 0.0295. The van der Waals surface area contributed by atoms with Crippen LogP contribution in [0.5, 0.6) is 0 Å². The molecule has 18 heavy (non-hydrogen) atoms.